The van der Waals surface area contributed by atoms with Gasteiger partial charge in [0, 0.05) is 36.3 Å². The van der Waals surface area contributed by atoms with E-state index in [0.29, 0.717) is 17.6 Å². The van der Waals surface area contributed by atoms with E-state index in [9.17, 15) is 0 Å². The molecular weight excluding hydrogens is 282 g/mol. The Kier molecular flexibility index (Phi) is 2.27. The molecular formula is C20H21N3. The average Bonchev–Trinajstić information content (AvgIpc) is 3.05. The number of nitrogens with one attached hydrogen (secondary N) is 1. The molecule has 0 bridgehead atoms. The number of hydrogen-bond donors (Lipinski definition) is 1. The van der Waals surface area contributed by atoms with E-state index in [1.165, 1.54) is 30.8 Å². The lowest BCUT2D eigenvalue weighted by atomic mass is 9.74. The van der Waals surface area contributed by atoms with Crippen LogP contribution in [0.25, 0.3) is 0 Å². The van der Waals surface area contributed by atoms with Gasteiger partial charge in [0.1, 0.15) is 0 Å². The Balaban J connectivity index is 1.42. The highest BCUT2D eigenvalue weighted by Crippen LogP contribution is 2.61. The van der Waals surface area contributed by atoms with Crippen LogP contribution in [-0.2, 0) is 12.0 Å². The molecule has 0 aromatic heterocycles. The van der Waals surface area contributed by atoms with Crippen LogP contribution in [0.15, 0.2) is 54.6 Å². The molecule has 3 heteroatoms. The Labute approximate surface area is 136 Å². The van der Waals surface area contributed by atoms with E-state index in [1.807, 2.05) is 0 Å². The van der Waals surface area contributed by atoms with Crippen LogP contribution < -0.4 is 5.32 Å². The molecule has 4 aliphatic heterocycles. The summed E-state index contributed by atoms with van der Waals surface area (Å²) in [6, 6.07) is 21.4. The highest BCUT2D eigenvalue weighted by Gasteiger charge is 2.72. The summed E-state index contributed by atoms with van der Waals surface area (Å²) in [4.78, 5) is 5.44. The minimum absolute atomic E-state index is 0.314. The van der Waals surface area contributed by atoms with Gasteiger partial charge in [-0.05, 0) is 30.2 Å². The molecule has 3 saturated heterocycles. The smallest absolute Gasteiger partial charge is 0.0913 e. The molecule has 2 aromatic rings. The fourth-order valence-electron chi connectivity index (χ4n) is 5.68. The molecule has 0 amide bonds. The topological polar surface area (TPSA) is 18.3 Å². The molecule has 0 saturated carbocycles. The van der Waals surface area contributed by atoms with Crippen molar-refractivity contribution >= 4 is 5.69 Å². The summed E-state index contributed by atoms with van der Waals surface area (Å²) in [5, 5.41) is 3.83. The van der Waals surface area contributed by atoms with Gasteiger partial charge in [-0.1, -0.05) is 48.5 Å². The van der Waals surface area contributed by atoms with Gasteiger partial charge in [-0.15, -0.1) is 0 Å². The summed E-state index contributed by atoms with van der Waals surface area (Å²) in [5.74, 6) is 0. The number of benzene rings is 2. The van der Waals surface area contributed by atoms with Gasteiger partial charge in [0.25, 0.3) is 0 Å². The minimum Gasteiger partial charge on any atom is -0.369 e. The van der Waals surface area contributed by atoms with Crippen LogP contribution in [0.4, 0.5) is 5.69 Å². The van der Waals surface area contributed by atoms with Crippen molar-refractivity contribution in [2.24, 2.45) is 0 Å². The third-order valence-electron chi connectivity index (χ3n) is 6.56. The Morgan fingerprint density at radius 2 is 1.87 bits per heavy atom. The molecule has 116 valence electrons. The van der Waals surface area contributed by atoms with E-state index in [0.717, 1.165) is 12.6 Å². The lowest BCUT2D eigenvalue weighted by molar-refractivity contribution is 0.214. The van der Waals surface area contributed by atoms with E-state index in [2.05, 4.69) is 69.7 Å². The maximum atomic E-state index is 3.83. The van der Waals surface area contributed by atoms with Crippen molar-refractivity contribution in [3.63, 3.8) is 0 Å². The molecule has 3 fully saturated rings. The second kappa shape index (κ2) is 4.16. The van der Waals surface area contributed by atoms with Crippen molar-refractivity contribution in [3.05, 3.63) is 65.7 Å². The quantitative estimate of drug-likeness (QED) is 0.860. The fourth-order valence-corrected chi connectivity index (χ4v) is 5.68. The summed E-state index contributed by atoms with van der Waals surface area (Å²) in [7, 11) is 0. The Hall–Kier alpha value is -1.84. The Bertz CT molecular complexity index is 773. The van der Waals surface area contributed by atoms with Gasteiger partial charge in [0.05, 0.1) is 6.17 Å². The molecule has 1 spiro atoms. The number of likely N-dealkylation sites (tertiary alicyclic amines) is 1. The standard InChI is InChI=1S/C20H21N3/c1-2-6-14(7-3-1)12-22-11-10-20-15-8-4-5-9-16(15)21-19(20)23-13-17(23)18(20)22/h1-9,17-19,21H,10-13H2/t17-,18-,19-,20+,23?/m1/s1. The zero-order chi connectivity index (χ0) is 15.0. The number of rotatable bonds is 2. The largest absolute Gasteiger partial charge is 0.369 e. The van der Waals surface area contributed by atoms with Crippen LogP contribution in [0.3, 0.4) is 0 Å². The molecule has 0 aliphatic carbocycles. The third-order valence-corrected chi connectivity index (χ3v) is 6.56. The van der Waals surface area contributed by atoms with Crippen molar-refractivity contribution in [2.75, 3.05) is 18.4 Å². The van der Waals surface area contributed by atoms with Crippen LogP contribution in [0.5, 0.6) is 0 Å². The predicted octanol–water partition coefficient (Wildman–Crippen LogP) is 2.65. The van der Waals surface area contributed by atoms with Gasteiger partial charge in [-0.2, -0.15) is 0 Å². The summed E-state index contributed by atoms with van der Waals surface area (Å²) in [6.45, 7) is 3.58. The molecule has 4 heterocycles. The normalized spacial score (nSPS) is 39.3. The van der Waals surface area contributed by atoms with Crippen molar-refractivity contribution < 1.29 is 0 Å². The summed E-state index contributed by atoms with van der Waals surface area (Å²) in [5.41, 5.74) is 4.69. The highest BCUT2D eigenvalue weighted by atomic mass is 15.5. The molecule has 0 radical (unpaired) electrons. The van der Waals surface area contributed by atoms with Gasteiger partial charge in [0.15, 0.2) is 0 Å². The fraction of sp³-hybridized carbons (Fsp3) is 0.400. The van der Waals surface area contributed by atoms with Crippen molar-refractivity contribution in [1.29, 1.82) is 0 Å². The second-order valence-corrected chi connectivity index (χ2v) is 7.55. The second-order valence-electron chi connectivity index (χ2n) is 7.55. The van der Waals surface area contributed by atoms with E-state index in [1.54, 1.807) is 5.56 Å². The monoisotopic (exact) mass is 303 g/mol. The Morgan fingerprint density at radius 3 is 2.78 bits per heavy atom. The number of para-hydroxylation sites is 1. The lowest BCUT2D eigenvalue weighted by Gasteiger charge is -2.34. The van der Waals surface area contributed by atoms with Gasteiger partial charge in [0.2, 0.25) is 0 Å². The number of fused-ring (bicyclic) bond motifs is 4. The molecule has 23 heavy (non-hydrogen) atoms. The summed E-state index contributed by atoms with van der Waals surface area (Å²) >= 11 is 0. The number of hydrogen-bond acceptors (Lipinski definition) is 3. The zero-order valence-electron chi connectivity index (χ0n) is 13.2. The molecule has 1 unspecified atom stereocenters. The van der Waals surface area contributed by atoms with Crippen LogP contribution in [-0.4, -0.2) is 41.1 Å². The first-order chi connectivity index (χ1) is 11.4. The van der Waals surface area contributed by atoms with Crippen molar-refractivity contribution in [1.82, 2.24) is 9.80 Å². The summed E-state index contributed by atoms with van der Waals surface area (Å²) < 4.78 is 0. The van der Waals surface area contributed by atoms with E-state index in [4.69, 9.17) is 0 Å². The third kappa shape index (κ3) is 1.47. The first-order valence-corrected chi connectivity index (χ1v) is 8.78. The highest BCUT2D eigenvalue weighted by molar-refractivity contribution is 5.65. The molecule has 4 aliphatic rings. The van der Waals surface area contributed by atoms with Crippen LogP contribution >= 0.6 is 0 Å². The van der Waals surface area contributed by atoms with Gasteiger partial charge in [-0.3, -0.25) is 9.80 Å². The minimum atomic E-state index is 0.314. The lowest BCUT2D eigenvalue weighted by Crippen LogP contribution is -2.48. The number of anilines is 1. The Morgan fingerprint density at radius 1 is 1.04 bits per heavy atom. The molecule has 6 rings (SSSR count). The van der Waals surface area contributed by atoms with Crippen molar-refractivity contribution in [2.45, 2.75) is 36.6 Å². The summed E-state index contributed by atoms with van der Waals surface area (Å²) in [6.07, 6.45) is 1.81. The van der Waals surface area contributed by atoms with Crippen LogP contribution in [0.2, 0.25) is 0 Å². The van der Waals surface area contributed by atoms with E-state index < -0.39 is 0 Å². The van der Waals surface area contributed by atoms with Crippen molar-refractivity contribution in [3.8, 4) is 0 Å². The molecule has 5 atom stereocenters. The number of nitrogens with zero attached hydrogens (tertiary/aromatic N) is 2. The van der Waals surface area contributed by atoms with Crippen LogP contribution in [0.1, 0.15) is 17.5 Å². The molecule has 1 N–H and O–H groups in total. The first kappa shape index (κ1) is 12.6. The van der Waals surface area contributed by atoms with Gasteiger partial charge >= 0.3 is 0 Å². The maximum absolute atomic E-state index is 3.83. The van der Waals surface area contributed by atoms with Crippen LogP contribution in [0, 0.1) is 0 Å². The maximum Gasteiger partial charge on any atom is 0.0913 e. The first-order valence-electron chi connectivity index (χ1n) is 8.78. The predicted molar refractivity (Wildman–Crippen MR) is 91.3 cm³/mol. The SMILES string of the molecule is c1ccc(CN2CC[C@@]34c5ccccc5N[C@@H]3N3C[C@@H]3[C@@H]24)cc1. The molecule has 3 nitrogen and oxygen atoms in total. The zero-order valence-corrected chi connectivity index (χ0v) is 13.2. The van der Waals surface area contributed by atoms with E-state index >= 15 is 0 Å². The van der Waals surface area contributed by atoms with E-state index in [-0.39, 0.29) is 0 Å². The molecule has 2 aromatic carbocycles. The van der Waals surface area contributed by atoms with Gasteiger partial charge in [-0.25, -0.2) is 0 Å². The number of piperidine rings is 1. The van der Waals surface area contributed by atoms with Gasteiger partial charge < -0.3 is 5.32 Å². The average molecular weight is 303 g/mol.